The second kappa shape index (κ2) is 3.38. The molecule has 66 valence electrons. The molecule has 12 heavy (non-hydrogen) atoms. The van der Waals surface area contributed by atoms with Gasteiger partial charge in [0.2, 0.25) is 5.78 Å². The molecule has 0 saturated carbocycles. The van der Waals surface area contributed by atoms with Gasteiger partial charge in [-0.2, -0.15) is 0 Å². The highest BCUT2D eigenvalue weighted by molar-refractivity contribution is 6.22. The fourth-order valence-electron chi connectivity index (χ4n) is 1.03. The third kappa shape index (κ3) is 1.47. The van der Waals surface area contributed by atoms with Crippen molar-refractivity contribution in [3.05, 3.63) is 11.3 Å². The summed E-state index contributed by atoms with van der Waals surface area (Å²) in [5, 5.41) is 9.25. The summed E-state index contributed by atoms with van der Waals surface area (Å²) in [5.74, 6) is -1.28. The van der Waals surface area contributed by atoms with Crippen LogP contribution in [0.25, 0.3) is 0 Å². The summed E-state index contributed by atoms with van der Waals surface area (Å²) in [7, 11) is 0. The average Bonchev–Trinajstić information content (AvgIpc) is 2.32. The van der Waals surface area contributed by atoms with E-state index >= 15 is 0 Å². The Labute approximate surface area is 69.8 Å². The number of cyclic esters (lactones) is 1. The van der Waals surface area contributed by atoms with Crippen LogP contribution in [0.2, 0.25) is 0 Å². The van der Waals surface area contributed by atoms with E-state index in [9.17, 15) is 14.7 Å². The van der Waals surface area contributed by atoms with Crippen molar-refractivity contribution in [3.8, 4) is 0 Å². The zero-order valence-electron chi connectivity index (χ0n) is 6.79. The molecule has 0 unspecified atom stereocenters. The van der Waals surface area contributed by atoms with Gasteiger partial charge in [-0.1, -0.05) is 6.92 Å². The first kappa shape index (κ1) is 8.77. The van der Waals surface area contributed by atoms with Gasteiger partial charge in [-0.15, -0.1) is 0 Å². The Kier molecular flexibility index (Phi) is 2.47. The number of rotatable bonds is 2. The molecule has 1 heterocycles. The van der Waals surface area contributed by atoms with Crippen LogP contribution in [-0.4, -0.2) is 23.5 Å². The Hall–Kier alpha value is -1.32. The first-order valence-electron chi connectivity index (χ1n) is 3.79. The second-order valence-electron chi connectivity index (χ2n) is 2.57. The molecular weight excluding hydrogens is 160 g/mol. The minimum Gasteiger partial charge on any atom is -0.511 e. The number of ether oxygens (including phenoxy) is 1. The Morgan fingerprint density at radius 1 is 1.58 bits per heavy atom. The minimum absolute atomic E-state index is 0.148. The molecule has 1 aliphatic rings. The van der Waals surface area contributed by atoms with Crippen molar-refractivity contribution in [2.45, 2.75) is 19.8 Å². The van der Waals surface area contributed by atoms with Crippen molar-refractivity contribution >= 4 is 11.8 Å². The van der Waals surface area contributed by atoms with Crippen molar-refractivity contribution in [1.82, 2.24) is 0 Å². The molecule has 1 saturated heterocycles. The number of carbonyl (C=O) groups excluding carboxylic acids is 2. The van der Waals surface area contributed by atoms with Crippen molar-refractivity contribution in [3.63, 3.8) is 0 Å². The third-order valence-corrected chi connectivity index (χ3v) is 1.59. The van der Waals surface area contributed by atoms with Crippen molar-refractivity contribution in [1.29, 1.82) is 0 Å². The molecule has 0 aromatic heterocycles. The summed E-state index contributed by atoms with van der Waals surface area (Å²) in [4.78, 5) is 21.8. The first-order chi connectivity index (χ1) is 5.66. The molecule has 1 N–H and O–H groups in total. The van der Waals surface area contributed by atoms with Crippen LogP contribution in [0.3, 0.4) is 0 Å². The molecule has 0 aromatic carbocycles. The van der Waals surface area contributed by atoms with Crippen LogP contribution in [0.15, 0.2) is 11.3 Å². The highest BCUT2D eigenvalue weighted by atomic mass is 16.5. The maximum atomic E-state index is 10.9. The number of aliphatic hydroxyl groups is 1. The summed E-state index contributed by atoms with van der Waals surface area (Å²) < 4.78 is 4.44. The fraction of sp³-hybridized carbons (Fsp3) is 0.500. The molecule has 4 nitrogen and oxygen atoms in total. The highest BCUT2D eigenvalue weighted by Crippen LogP contribution is 2.16. The molecule has 0 bridgehead atoms. The lowest BCUT2D eigenvalue weighted by Gasteiger charge is -1.97. The number of allylic oxidation sites excluding steroid dienone is 1. The highest BCUT2D eigenvalue weighted by Gasteiger charge is 2.31. The van der Waals surface area contributed by atoms with Gasteiger partial charge in [-0.05, 0) is 6.42 Å². The van der Waals surface area contributed by atoms with E-state index in [0.717, 1.165) is 0 Å². The Morgan fingerprint density at radius 3 is 2.67 bits per heavy atom. The molecule has 0 amide bonds. The Balaban J connectivity index is 2.90. The lowest BCUT2D eigenvalue weighted by atomic mass is 10.1. The van der Waals surface area contributed by atoms with Crippen LogP contribution in [0, 0.1) is 0 Å². The lowest BCUT2D eigenvalue weighted by Crippen LogP contribution is -2.05. The summed E-state index contributed by atoms with van der Waals surface area (Å²) in [6.07, 6.45) is 1.03. The van der Waals surface area contributed by atoms with E-state index in [0.29, 0.717) is 12.8 Å². The van der Waals surface area contributed by atoms with Crippen molar-refractivity contribution < 1.29 is 19.4 Å². The molecule has 0 aliphatic carbocycles. The van der Waals surface area contributed by atoms with Crippen LogP contribution in [0.1, 0.15) is 19.8 Å². The number of hydrogen-bond donors (Lipinski definition) is 1. The smallest absolute Gasteiger partial charge is 0.345 e. The predicted octanol–water partition coefficient (Wildman–Crippen LogP) is 0.725. The van der Waals surface area contributed by atoms with E-state index < -0.39 is 11.8 Å². The Bertz CT molecular complexity index is 234. The zero-order valence-corrected chi connectivity index (χ0v) is 6.79. The number of Topliss-reactive ketones (excluding diaryl/α,β-unsaturated/α-hetero) is 1. The molecule has 0 aromatic rings. The third-order valence-electron chi connectivity index (χ3n) is 1.59. The van der Waals surface area contributed by atoms with Gasteiger partial charge in [0.25, 0.3) is 0 Å². The number of ketones is 1. The molecule has 4 heteroatoms. The molecule has 1 rings (SSSR count). The lowest BCUT2D eigenvalue weighted by molar-refractivity contribution is -0.135. The normalized spacial score (nSPS) is 21.1. The topological polar surface area (TPSA) is 63.6 Å². The zero-order chi connectivity index (χ0) is 9.14. The van der Waals surface area contributed by atoms with Crippen LogP contribution in [-0.2, 0) is 14.3 Å². The van der Waals surface area contributed by atoms with Gasteiger partial charge in [0, 0.05) is 6.42 Å². The van der Waals surface area contributed by atoms with Crippen LogP contribution in [0.4, 0.5) is 0 Å². The number of aliphatic hydroxyl groups excluding tert-OH is 1. The van der Waals surface area contributed by atoms with Gasteiger partial charge < -0.3 is 9.84 Å². The van der Waals surface area contributed by atoms with Gasteiger partial charge in [-0.25, -0.2) is 4.79 Å². The van der Waals surface area contributed by atoms with Crippen LogP contribution >= 0.6 is 0 Å². The molecule has 0 radical (unpaired) electrons. The van der Waals surface area contributed by atoms with Crippen molar-refractivity contribution in [2.75, 3.05) is 6.61 Å². The monoisotopic (exact) mass is 170 g/mol. The Morgan fingerprint density at radius 2 is 2.25 bits per heavy atom. The van der Waals surface area contributed by atoms with Gasteiger partial charge >= 0.3 is 5.97 Å². The maximum Gasteiger partial charge on any atom is 0.345 e. The van der Waals surface area contributed by atoms with Crippen LogP contribution < -0.4 is 0 Å². The average molecular weight is 170 g/mol. The van der Waals surface area contributed by atoms with E-state index in [1.807, 2.05) is 6.92 Å². The fourth-order valence-corrected chi connectivity index (χ4v) is 1.03. The molecule has 0 atom stereocenters. The van der Waals surface area contributed by atoms with Gasteiger partial charge in [0.05, 0.1) is 0 Å². The number of esters is 1. The number of hydrogen-bond acceptors (Lipinski definition) is 4. The van der Waals surface area contributed by atoms with Crippen molar-refractivity contribution in [2.24, 2.45) is 0 Å². The standard InChI is InChI=1S/C8H10O4/c1-2-3-5(9)7-6(10)4-12-8(7)11/h9H,2-4H2,1H3. The summed E-state index contributed by atoms with van der Waals surface area (Å²) in [5.41, 5.74) is -0.170. The largest absolute Gasteiger partial charge is 0.511 e. The van der Waals surface area contributed by atoms with Gasteiger partial charge in [0.15, 0.2) is 6.61 Å². The molecular formula is C8H10O4. The number of carbonyl (C=O) groups is 2. The summed E-state index contributed by atoms with van der Waals surface area (Å²) in [6.45, 7) is 1.61. The SMILES string of the molecule is CCCC(O)=C1C(=O)COC1=O. The van der Waals surface area contributed by atoms with Gasteiger partial charge in [0.1, 0.15) is 11.3 Å². The summed E-state index contributed by atoms with van der Waals surface area (Å²) >= 11 is 0. The molecule has 1 fully saturated rings. The van der Waals surface area contributed by atoms with E-state index in [1.165, 1.54) is 0 Å². The van der Waals surface area contributed by atoms with E-state index in [2.05, 4.69) is 4.74 Å². The van der Waals surface area contributed by atoms with E-state index in [4.69, 9.17) is 0 Å². The molecule has 0 spiro atoms. The van der Waals surface area contributed by atoms with E-state index in [1.54, 1.807) is 0 Å². The second-order valence-corrected chi connectivity index (χ2v) is 2.57. The molecule has 1 aliphatic heterocycles. The summed E-state index contributed by atoms with van der Waals surface area (Å²) in [6, 6.07) is 0. The minimum atomic E-state index is -0.703. The quantitative estimate of drug-likeness (QED) is 0.287. The van der Waals surface area contributed by atoms with E-state index in [-0.39, 0.29) is 17.9 Å². The maximum absolute atomic E-state index is 10.9. The van der Waals surface area contributed by atoms with Gasteiger partial charge in [-0.3, -0.25) is 4.79 Å². The first-order valence-corrected chi connectivity index (χ1v) is 3.79. The predicted molar refractivity (Wildman–Crippen MR) is 40.5 cm³/mol. The van der Waals surface area contributed by atoms with Crippen LogP contribution in [0.5, 0.6) is 0 Å².